The standard InChI is InChI=1S/C21H21ClN6O3S2/c22-15-4-3-14(13-17(15)29)18-19(28-10-11-32-21(28)26-18)16-5-6-23-20(25-16)24-7-9-27-8-1-2-12-33(27,30)31/h3-6,10-11,13,29H,1-2,7-9,12H2,(H,23,24,25). The van der Waals surface area contributed by atoms with E-state index in [1.165, 1.54) is 15.6 Å². The second-order valence-corrected chi connectivity index (χ2v) is 11.0. The highest BCUT2D eigenvalue weighted by Crippen LogP contribution is 2.36. The summed E-state index contributed by atoms with van der Waals surface area (Å²) in [5, 5.41) is 15.4. The summed E-state index contributed by atoms with van der Waals surface area (Å²) in [6.07, 6.45) is 5.16. The summed E-state index contributed by atoms with van der Waals surface area (Å²) in [6, 6.07) is 6.81. The van der Waals surface area contributed by atoms with Crippen molar-refractivity contribution in [2.45, 2.75) is 12.8 Å². The third kappa shape index (κ3) is 4.41. The number of aromatic hydroxyl groups is 1. The maximum Gasteiger partial charge on any atom is 0.223 e. The van der Waals surface area contributed by atoms with E-state index in [1.54, 1.807) is 30.5 Å². The van der Waals surface area contributed by atoms with E-state index in [-0.39, 0.29) is 16.5 Å². The highest BCUT2D eigenvalue weighted by Gasteiger charge is 2.25. The first-order valence-electron chi connectivity index (χ1n) is 10.4. The predicted molar refractivity (Wildman–Crippen MR) is 129 cm³/mol. The number of thiazole rings is 1. The zero-order valence-electron chi connectivity index (χ0n) is 17.5. The highest BCUT2D eigenvalue weighted by molar-refractivity contribution is 7.89. The summed E-state index contributed by atoms with van der Waals surface area (Å²) in [6.45, 7) is 1.32. The topological polar surface area (TPSA) is 113 Å². The van der Waals surface area contributed by atoms with Gasteiger partial charge in [-0.2, -0.15) is 0 Å². The molecule has 4 heterocycles. The Balaban J connectivity index is 1.43. The first kappa shape index (κ1) is 22.1. The monoisotopic (exact) mass is 504 g/mol. The lowest BCUT2D eigenvalue weighted by molar-refractivity contribution is 0.393. The van der Waals surface area contributed by atoms with Crippen LogP contribution in [0.3, 0.4) is 0 Å². The van der Waals surface area contributed by atoms with E-state index in [4.69, 9.17) is 16.6 Å². The molecule has 0 spiro atoms. The molecule has 0 aliphatic carbocycles. The second kappa shape index (κ2) is 8.90. The van der Waals surface area contributed by atoms with Gasteiger partial charge in [0.1, 0.15) is 11.4 Å². The Kier molecular flexibility index (Phi) is 5.95. The van der Waals surface area contributed by atoms with Gasteiger partial charge in [0, 0.05) is 43.0 Å². The van der Waals surface area contributed by atoms with Crippen LogP contribution in [0.2, 0.25) is 5.02 Å². The number of phenolic OH excluding ortho intramolecular Hbond substituents is 1. The molecule has 0 unspecified atom stereocenters. The van der Waals surface area contributed by atoms with Crippen LogP contribution in [0.25, 0.3) is 27.6 Å². The fourth-order valence-corrected chi connectivity index (χ4v) is 6.29. The molecule has 1 aliphatic heterocycles. The fourth-order valence-electron chi connectivity index (χ4n) is 3.85. The number of benzene rings is 1. The SMILES string of the molecule is O=S1(=O)CCCCN1CCNc1nccc(-c2c(-c3ccc(Cl)c(O)c3)nc3sccn23)n1. The van der Waals surface area contributed by atoms with Crippen molar-refractivity contribution < 1.29 is 13.5 Å². The normalized spacial score (nSPS) is 16.3. The molecule has 12 heteroatoms. The average molecular weight is 505 g/mol. The van der Waals surface area contributed by atoms with E-state index in [1.807, 2.05) is 16.0 Å². The fraction of sp³-hybridized carbons (Fsp3) is 0.286. The minimum absolute atomic E-state index is 0.0193. The molecular weight excluding hydrogens is 484 g/mol. The Hall–Kier alpha value is -2.73. The van der Waals surface area contributed by atoms with Crippen LogP contribution >= 0.6 is 22.9 Å². The van der Waals surface area contributed by atoms with Gasteiger partial charge in [-0.3, -0.25) is 4.40 Å². The Morgan fingerprint density at radius 3 is 2.91 bits per heavy atom. The Labute approximate surface area is 199 Å². The number of aromatic nitrogens is 4. The van der Waals surface area contributed by atoms with Gasteiger partial charge in [-0.15, -0.1) is 11.3 Å². The quantitative estimate of drug-likeness (QED) is 0.411. The lowest BCUT2D eigenvalue weighted by Gasteiger charge is -2.26. The Morgan fingerprint density at radius 1 is 1.21 bits per heavy atom. The smallest absolute Gasteiger partial charge is 0.223 e. The number of halogens is 1. The first-order valence-corrected chi connectivity index (χ1v) is 13.3. The van der Waals surface area contributed by atoms with Crippen molar-refractivity contribution in [1.82, 2.24) is 23.7 Å². The third-order valence-electron chi connectivity index (χ3n) is 5.48. The molecule has 4 aromatic rings. The van der Waals surface area contributed by atoms with E-state index in [0.29, 0.717) is 49.0 Å². The van der Waals surface area contributed by atoms with Crippen molar-refractivity contribution in [3.05, 3.63) is 47.1 Å². The van der Waals surface area contributed by atoms with Gasteiger partial charge < -0.3 is 10.4 Å². The second-order valence-electron chi connectivity index (χ2n) is 7.65. The van der Waals surface area contributed by atoms with Crippen LogP contribution in [-0.2, 0) is 10.0 Å². The number of rotatable bonds is 6. The zero-order valence-corrected chi connectivity index (χ0v) is 19.9. The summed E-state index contributed by atoms with van der Waals surface area (Å²) in [5.74, 6) is 0.589. The number of sulfonamides is 1. The number of hydrogen-bond donors (Lipinski definition) is 2. The van der Waals surface area contributed by atoms with Gasteiger partial charge >= 0.3 is 0 Å². The Morgan fingerprint density at radius 2 is 2.09 bits per heavy atom. The van der Waals surface area contributed by atoms with Crippen molar-refractivity contribution in [2.24, 2.45) is 0 Å². The van der Waals surface area contributed by atoms with Crippen LogP contribution in [0.4, 0.5) is 5.95 Å². The lowest BCUT2D eigenvalue weighted by atomic mass is 10.1. The molecule has 0 amide bonds. The number of anilines is 1. The molecule has 1 fully saturated rings. The minimum Gasteiger partial charge on any atom is -0.506 e. The summed E-state index contributed by atoms with van der Waals surface area (Å²) >= 11 is 7.48. The summed E-state index contributed by atoms with van der Waals surface area (Å²) < 4.78 is 27.8. The molecule has 1 aliphatic rings. The van der Waals surface area contributed by atoms with Crippen LogP contribution < -0.4 is 5.32 Å². The van der Waals surface area contributed by atoms with Gasteiger partial charge in [0.25, 0.3) is 0 Å². The van der Waals surface area contributed by atoms with Gasteiger partial charge in [0.05, 0.1) is 22.2 Å². The third-order valence-corrected chi connectivity index (χ3v) is 8.51. The number of fused-ring (bicyclic) bond motifs is 1. The van der Waals surface area contributed by atoms with Crippen molar-refractivity contribution in [3.8, 4) is 28.4 Å². The van der Waals surface area contributed by atoms with Crippen molar-refractivity contribution in [3.63, 3.8) is 0 Å². The lowest BCUT2D eigenvalue weighted by Crippen LogP contribution is -2.40. The first-order chi connectivity index (χ1) is 15.9. The summed E-state index contributed by atoms with van der Waals surface area (Å²) in [7, 11) is -3.17. The maximum atomic E-state index is 12.2. The number of nitrogens with zero attached hydrogens (tertiary/aromatic N) is 5. The molecule has 1 saturated heterocycles. The van der Waals surface area contributed by atoms with Gasteiger partial charge in [-0.05, 0) is 31.0 Å². The van der Waals surface area contributed by atoms with E-state index in [9.17, 15) is 13.5 Å². The minimum atomic E-state index is -3.17. The van der Waals surface area contributed by atoms with Crippen LogP contribution in [0.5, 0.6) is 5.75 Å². The zero-order chi connectivity index (χ0) is 23.0. The van der Waals surface area contributed by atoms with E-state index >= 15 is 0 Å². The number of nitrogens with one attached hydrogen (secondary N) is 1. The molecule has 172 valence electrons. The van der Waals surface area contributed by atoms with Crippen LogP contribution in [0.1, 0.15) is 12.8 Å². The molecule has 33 heavy (non-hydrogen) atoms. The van der Waals surface area contributed by atoms with Crippen LogP contribution in [0, 0.1) is 0 Å². The molecule has 9 nitrogen and oxygen atoms in total. The van der Waals surface area contributed by atoms with E-state index < -0.39 is 10.0 Å². The molecule has 2 N–H and O–H groups in total. The van der Waals surface area contributed by atoms with Crippen LogP contribution in [-0.4, -0.2) is 62.6 Å². The molecule has 0 radical (unpaired) electrons. The van der Waals surface area contributed by atoms with E-state index in [2.05, 4.69) is 15.3 Å². The summed E-state index contributed by atoms with van der Waals surface area (Å²) in [4.78, 5) is 14.5. The van der Waals surface area contributed by atoms with E-state index in [0.717, 1.165) is 17.1 Å². The van der Waals surface area contributed by atoms with Gasteiger partial charge in [-0.1, -0.05) is 17.7 Å². The molecule has 3 aromatic heterocycles. The molecular formula is C21H21ClN6O3S2. The largest absolute Gasteiger partial charge is 0.506 e. The number of phenols is 1. The molecule has 1 aromatic carbocycles. The van der Waals surface area contributed by atoms with Crippen molar-refractivity contribution in [1.29, 1.82) is 0 Å². The summed E-state index contributed by atoms with van der Waals surface area (Å²) in [5.41, 5.74) is 2.79. The average Bonchev–Trinajstić information content (AvgIpc) is 3.38. The predicted octanol–water partition coefficient (Wildman–Crippen LogP) is 3.72. The highest BCUT2D eigenvalue weighted by atomic mass is 35.5. The van der Waals surface area contributed by atoms with Gasteiger partial charge in [0.2, 0.25) is 16.0 Å². The van der Waals surface area contributed by atoms with Crippen molar-refractivity contribution >= 4 is 43.9 Å². The maximum absolute atomic E-state index is 12.2. The molecule has 5 rings (SSSR count). The van der Waals surface area contributed by atoms with Crippen LogP contribution in [0.15, 0.2) is 42.0 Å². The number of imidazole rings is 1. The van der Waals surface area contributed by atoms with Crippen molar-refractivity contribution in [2.75, 3.05) is 30.7 Å². The molecule has 0 saturated carbocycles. The number of hydrogen-bond acceptors (Lipinski definition) is 8. The molecule has 0 atom stereocenters. The molecule has 0 bridgehead atoms. The van der Waals surface area contributed by atoms with Gasteiger partial charge in [-0.25, -0.2) is 27.7 Å². The van der Waals surface area contributed by atoms with Gasteiger partial charge in [0.15, 0.2) is 4.96 Å². The Bertz CT molecular complexity index is 1420.